The minimum Gasteiger partial charge on any atom is -0.497 e. The van der Waals surface area contributed by atoms with E-state index in [1.807, 2.05) is 30.3 Å². The molecule has 0 aliphatic carbocycles. The number of benzene rings is 2. The second-order valence-corrected chi connectivity index (χ2v) is 4.54. The molecule has 0 aromatic heterocycles. The summed E-state index contributed by atoms with van der Waals surface area (Å²) in [5.41, 5.74) is 3.44. The zero-order chi connectivity index (χ0) is 13.1. The second kappa shape index (κ2) is 6.44. The topological polar surface area (TPSA) is 33.6 Å². The molecule has 1 aliphatic heterocycles. The van der Waals surface area contributed by atoms with Crippen LogP contribution in [0.4, 0.5) is 11.4 Å². The number of hydrogen-bond acceptors (Lipinski definition) is 3. The first-order chi connectivity index (χ1) is 9.35. The molecule has 0 radical (unpaired) electrons. The summed E-state index contributed by atoms with van der Waals surface area (Å²) >= 11 is 0. The minimum atomic E-state index is 0. The third-order valence-electron chi connectivity index (χ3n) is 3.26. The molecule has 2 aromatic rings. The van der Waals surface area contributed by atoms with E-state index >= 15 is 0 Å². The van der Waals surface area contributed by atoms with E-state index < -0.39 is 0 Å². The molecule has 0 amide bonds. The average Bonchev–Trinajstić information content (AvgIpc) is 2.48. The highest BCUT2D eigenvalue weighted by Gasteiger charge is 2.11. The summed E-state index contributed by atoms with van der Waals surface area (Å²) in [5.74, 6) is 1.88. The second-order valence-electron chi connectivity index (χ2n) is 4.54. The first-order valence-corrected chi connectivity index (χ1v) is 6.42. The summed E-state index contributed by atoms with van der Waals surface area (Å²) in [6.45, 7) is 0. The predicted octanol–water partition coefficient (Wildman–Crippen LogP) is 4.21. The molecule has 20 heavy (non-hydrogen) atoms. The van der Waals surface area contributed by atoms with Crippen LogP contribution in [0.25, 0.3) is 0 Å². The number of methoxy groups -OCH3 is 1. The van der Waals surface area contributed by atoms with E-state index in [9.17, 15) is 0 Å². The lowest BCUT2D eigenvalue weighted by atomic mass is 10.0. The van der Waals surface area contributed by atoms with E-state index in [1.54, 1.807) is 7.11 Å². The molecule has 0 unspecified atom stereocenters. The molecule has 3 nitrogen and oxygen atoms in total. The van der Waals surface area contributed by atoms with Crippen LogP contribution >= 0.6 is 12.4 Å². The maximum Gasteiger partial charge on any atom is 0.119 e. The Balaban J connectivity index is 0.00000147. The Labute approximate surface area is 125 Å². The van der Waals surface area contributed by atoms with Gasteiger partial charge in [-0.05, 0) is 42.3 Å². The Bertz CT molecular complexity index is 608. The van der Waals surface area contributed by atoms with Crippen molar-refractivity contribution < 1.29 is 4.74 Å². The number of para-hydroxylation sites is 1. The summed E-state index contributed by atoms with van der Waals surface area (Å²) in [5, 5.41) is 3.37. The highest BCUT2D eigenvalue weighted by atomic mass is 35.5. The monoisotopic (exact) mass is 288 g/mol. The van der Waals surface area contributed by atoms with Gasteiger partial charge in [0, 0.05) is 12.1 Å². The van der Waals surface area contributed by atoms with E-state index in [1.165, 1.54) is 5.56 Å². The first-order valence-electron chi connectivity index (χ1n) is 6.42. The van der Waals surface area contributed by atoms with E-state index in [4.69, 9.17) is 4.74 Å². The third-order valence-corrected chi connectivity index (χ3v) is 3.26. The first kappa shape index (κ1) is 14.4. The number of ether oxygens (including phenoxy) is 1. The number of anilines is 1. The number of halogens is 1. The Morgan fingerprint density at radius 2 is 1.75 bits per heavy atom. The number of aliphatic imine (C=N–C) groups is 1. The number of aryl methyl sites for hydroxylation is 1. The van der Waals surface area contributed by atoms with Gasteiger partial charge in [0.15, 0.2) is 0 Å². The summed E-state index contributed by atoms with van der Waals surface area (Å²) in [6, 6.07) is 16.2. The lowest BCUT2D eigenvalue weighted by molar-refractivity contribution is 0.415. The van der Waals surface area contributed by atoms with Gasteiger partial charge < -0.3 is 10.1 Å². The van der Waals surface area contributed by atoms with Crippen molar-refractivity contribution in [1.29, 1.82) is 0 Å². The van der Waals surface area contributed by atoms with Gasteiger partial charge in [-0.15, -0.1) is 12.4 Å². The minimum absolute atomic E-state index is 0. The van der Waals surface area contributed by atoms with Crippen molar-refractivity contribution in [1.82, 2.24) is 0 Å². The van der Waals surface area contributed by atoms with Crippen molar-refractivity contribution in [3.63, 3.8) is 0 Å². The van der Waals surface area contributed by atoms with Crippen molar-refractivity contribution in [2.45, 2.75) is 12.8 Å². The molecule has 0 spiro atoms. The summed E-state index contributed by atoms with van der Waals surface area (Å²) < 4.78 is 5.15. The molecular weight excluding hydrogens is 272 g/mol. The molecule has 0 saturated heterocycles. The van der Waals surface area contributed by atoms with Gasteiger partial charge in [-0.3, -0.25) is 0 Å². The molecule has 0 saturated carbocycles. The van der Waals surface area contributed by atoms with Gasteiger partial charge in [0.1, 0.15) is 11.6 Å². The van der Waals surface area contributed by atoms with E-state index in [0.29, 0.717) is 0 Å². The quantitative estimate of drug-likeness (QED) is 0.898. The van der Waals surface area contributed by atoms with Crippen LogP contribution in [0.15, 0.2) is 53.5 Å². The van der Waals surface area contributed by atoms with Gasteiger partial charge in [0.2, 0.25) is 0 Å². The SMILES string of the molecule is COc1ccc(NC2=Nc3ccccc3CC2)cc1.Cl. The van der Waals surface area contributed by atoms with Crippen molar-refractivity contribution in [3.8, 4) is 5.75 Å². The lowest BCUT2D eigenvalue weighted by Gasteiger charge is -2.16. The van der Waals surface area contributed by atoms with E-state index in [-0.39, 0.29) is 12.4 Å². The van der Waals surface area contributed by atoms with Crippen molar-refractivity contribution in [3.05, 3.63) is 54.1 Å². The van der Waals surface area contributed by atoms with Crippen LogP contribution in [0, 0.1) is 0 Å². The standard InChI is InChI=1S/C16H16N2O.ClH/c1-19-14-9-7-13(8-10-14)17-16-11-6-12-4-2-3-5-15(12)18-16;/h2-5,7-10H,6,11H2,1H3,(H,17,18);1H. The van der Waals surface area contributed by atoms with Gasteiger partial charge in [-0.1, -0.05) is 18.2 Å². The normalized spacial score (nSPS) is 12.8. The highest BCUT2D eigenvalue weighted by molar-refractivity contribution is 5.98. The number of fused-ring (bicyclic) bond motifs is 1. The van der Waals surface area contributed by atoms with Crippen molar-refractivity contribution >= 4 is 29.6 Å². The number of nitrogens with one attached hydrogen (secondary N) is 1. The van der Waals surface area contributed by atoms with Gasteiger partial charge in [0.05, 0.1) is 12.8 Å². The van der Waals surface area contributed by atoms with Crippen LogP contribution in [-0.4, -0.2) is 12.9 Å². The maximum atomic E-state index is 5.15. The Morgan fingerprint density at radius 3 is 2.50 bits per heavy atom. The Kier molecular flexibility index (Phi) is 4.64. The fourth-order valence-corrected chi connectivity index (χ4v) is 2.22. The zero-order valence-electron chi connectivity index (χ0n) is 11.3. The lowest BCUT2D eigenvalue weighted by Crippen LogP contribution is -2.15. The van der Waals surface area contributed by atoms with Crippen LogP contribution in [0.3, 0.4) is 0 Å². The molecule has 4 heteroatoms. The molecule has 1 aliphatic rings. The van der Waals surface area contributed by atoms with Crippen LogP contribution < -0.4 is 10.1 Å². The molecule has 3 rings (SSSR count). The molecule has 0 atom stereocenters. The fourth-order valence-electron chi connectivity index (χ4n) is 2.22. The summed E-state index contributed by atoms with van der Waals surface area (Å²) in [7, 11) is 1.67. The van der Waals surface area contributed by atoms with E-state index in [0.717, 1.165) is 35.8 Å². The molecule has 1 heterocycles. The zero-order valence-corrected chi connectivity index (χ0v) is 12.1. The van der Waals surface area contributed by atoms with Crippen LogP contribution in [0.1, 0.15) is 12.0 Å². The molecule has 0 bridgehead atoms. The average molecular weight is 289 g/mol. The number of hydrogen-bond donors (Lipinski definition) is 1. The molecule has 2 aromatic carbocycles. The molecule has 0 fully saturated rings. The highest BCUT2D eigenvalue weighted by Crippen LogP contribution is 2.26. The Hall–Kier alpha value is -2.00. The maximum absolute atomic E-state index is 5.15. The predicted molar refractivity (Wildman–Crippen MR) is 85.7 cm³/mol. The van der Waals surface area contributed by atoms with Gasteiger partial charge in [-0.25, -0.2) is 4.99 Å². The van der Waals surface area contributed by atoms with Crippen LogP contribution in [-0.2, 0) is 6.42 Å². The number of nitrogens with zero attached hydrogens (tertiary/aromatic N) is 1. The summed E-state index contributed by atoms with van der Waals surface area (Å²) in [6.07, 6.45) is 1.99. The van der Waals surface area contributed by atoms with Gasteiger partial charge >= 0.3 is 0 Å². The molecule has 104 valence electrons. The van der Waals surface area contributed by atoms with Gasteiger partial charge in [0.25, 0.3) is 0 Å². The van der Waals surface area contributed by atoms with Crippen LogP contribution in [0.5, 0.6) is 5.75 Å². The molecular formula is C16H17ClN2O. The fraction of sp³-hybridized carbons (Fsp3) is 0.188. The largest absolute Gasteiger partial charge is 0.497 e. The number of rotatable bonds is 2. The Morgan fingerprint density at radius 1 is 1.00 bits per heavy atom. The number of amidine groups is 1. The van der Waals surface area contributed by atoms with Crippen LogP contribution in [0.2, 0.25) is 0 Å². The smallest absolute Gasteiger partial charge is 0.119 e. The van der Waals surface area contributed by atoms with Gasteiger partial charge in [-0.2, -0.15) is 0 Å². The summed E-state index contributed by atoms with van der Waals surface area (Å²) in [4.78, 5) is 4.66. The van der Waals surface area contributed by atoms with E-state index in [2.05, 4.69) is 28.5 Å². The van der Waals surface area contributed by atoms with Crippen molar-refractivity contribution in [2.24, 2.45) is 4.99 Å². The molecule has 1 N–H and O–H groups in total. The van der Waals surface area contributed by atoms with Crippen molar-refractivity contribution in [2.75, 3.05) is 12.4 Å². The third kappa shape index (κ3) is 3.11.